The van der Waals surface area contributed by atoms with Gasteiger partial charge in [0.15, 0.2) is 0 Å². The van der Waals surface area contributed by atoms with E-state index in [-0.39, 0.29) is 0 Å². The molecule has 5 heteroatoms. The van der Waals surface area contributed by atoms with E-state index < -0.39 is 0 Å². The second kappa shape index (κ2) is 34.9. The third-order valence-corrected chi connectivity index (χ3v) is 26.3. The minimum Gasteiger partial charge on any atom is -0.456 e. The molecule has 0 spiro atoms. The zero-order valence-corrected chi connectivity index (χ0v) is 73.9. The van der Waals surface area contributed by atoms with E-state index >= 15 is 0 Å². The van der Waals surface area contributed by atoms with Crippen LogP contribution in [0.15, 0.2) is 441 Å². The van der Waals surface area contributed by atoms with Crippen molar-refractivity contribution in [3.05, 3.63) is 502 Å². The van der Waals surface area contributed by atoms with Crippen molar-refractivity contribution in [1.29, 1.82) is 0 Å². The summed E-state index contributed by atoms with van der Waals surface area (Å²) in [7, 11) is 0. The average molecular weight is 1690 g/mol. The fourth-order valence-electron chi connectivity index (χ4n) is 19.5. The van der Waals surface area contributed by atoms with Gasteiger partial charge < -0.3 is 22.1 Å². The summed E-state index contributed by atoms with van der Waals surface area (Å²) < 4.78 is 32.2. The van der Waals surface area contributed by atoms with Gasteiger partial charge in [0.25, 0.3) is 0 Å². The van der Waals surface area contributed by atoms with Crippen LogP contribution in [-0.4, -0.2) is 0 Å². The van der Waals surface area contributed by atoms with E-state index in [0.29, 0.717) is 0 Å². The molecular weight excluding hydrogens is 1590 g/mol. The van der Waals surface area contributed by atoms with Crippen molar-refractivity contribution in [2.45, 2.75) is 66.7 Å². The molecule has 21 aromatic carbocycles. The molecule has 628 valence electrons. The maximum absolute atomic E-state index is 6.67. The number of aryl methyl sites for hydroxylation is 5. The lowest BCUT2D eigenvalue weighted by molar-refractivity contribution is 0.664. The summed E-state index contributed by atoms with van der Waals surface area (Å²) in [4.78, 5) is 0. The first kappa shape index (κ1) is 80.7. The van der Waals surface area contributed by atoms with Crippen LogP contribution in [0.25, 0.3) is 175 Å². The molecule has 0 atom stereocenters. The van der Waals surface area contributed by atoms with E-state index in [1.54, 1.807) is 0 Å². The van der Waals surface area contributed by atoms with Crippen molar-refractivity contribution in [3.63, 3.8) is 0 Å². The van der Waals surface area contributed by atoms with Gasteiger partial charge in [0, 0.05) is 108 Å². The molecule has 0 aliphatic rings. The third kappa shape index (κ3) is 15.8. The fourth-order valence-corrected chi connectivity index (χ4v) is 19.5. The van der Waals surface area contributed by atoms with E-state index in [4.69, 9.17) is 22.1 Å². The molecule has 0 saturated heterocycles. The molecule has 0 bridgehead atoms. The van der Waals surface area contributed by atoms with Crippen LogP contribution in [0.1, 0.15) is 83.5 Å². The number of benzene rings is 21. The van der Waals surface area contributed by atoms with Crippen molar-refractivity contribution in [3.8, 4) is 11.1 Å². The molecule has 5 nitrogen and oxygen atoms in total. The minimum atomic E-state index is 0.857. The Morgan fingerprint density at radius 1 is 0.168 bits per heavy atom. The van der Waals surface area contributed by atoms with Crippen LogP contribution in [-0.2, 0) is 32.1 Å². The van der Waals surface area contributed by atoms with Crippen LogP contribution in [0.4, 0.5) is 0 Å². The highest BCUT2D eigenvalue weighted by Gasteiger charge is 2.22. The van der Waals surface area contributed by atoms with Gasteiger partial charge in [0.05, 0.1) is 0 Å². The Hall–Kier alpha value is -16.1. The number of fused-ring (bicyclic) bond motifs is 25. The number of rotatable bonds is 11. The predicted octanol–water partition coefficient (Wildman–Crippen LogP) is 34.9. The largest absolute Gasteiger partial charge is 0.456 e. The first-order valence-electron chi connectivity index (χ1n) is 45.4. The number of furan rings is 5. The summed E-state index contributed by atoms with van der Waals surface area (Å²) in [6.45, 7) is 10.7. The van der Waals surface area contributed by atoms with Gasteiger partial charge in [0.2, 0.25) is 0 Å². The molecule has 0 unspecified atom stereocenters. The van der Waals surface area contributed by atoms with Crippen molar-refractivity contribution < 1.29 is 22.1 Å². The Morgan fingerprint density at radius 2 is 0.489 bits per heavy atom. The zero-order valence-electron chi connectivity index (χ0n) is 73.9. The molecule has 5 aromatic heterocycles. The Balaban J connectivity index is 0.0000000961. The first-order valence-corrected chi connectivity index (χ1v) is 45.4. The normalized spacial score (nSPS) is 11.5. The van der Waals surface area contributed by atoms with E-state index in [9.17, 15) is 0 Å². The number of hydrogen-bond acceptors (Lipinski definition) is 5. The standard InChI is InChI=1S/C30H22O.4C24H18O/c1-20-14-16-21(17-15-20)18-24-11-7-13-26-28-25-12-6-5-10-23(25)19-27(30(28)31-29(24)26)22-8-3-2-4-9-22;1-16-6-4-7-17(14-16)15-19-9-5-11-21-22-13-12-18-8-2-3-10-20(18)24(22)25-23(19)21;1-16-7-2-3-9-18(16)15-19-10-6-12-21-23-20-11-5-4-8-17(20)13-14-22(23)25-24(19)21;1-16-7-2-3-9-18(16)15-19-10-6-12-21-22-14-13-17-8-4-5-11-20(17)24(22)25-23(19)21;1-16-9-11-17(12-10-16)15-19-6-4-8-21-22-14-13-18-5-2-3-7-20(18)24(22)25-23(19)21/h2-17,19H,18H2,1H3;4*2-14H,15H2,1H3. The van der Waals surface area contributed by atoms with Crippen LogP contribution in [0, 0.1) is 34.6 Å². The summed E-state index contributed by atoms with van der Waals surface area (Å²) in [5.74, 6) is 0. The van der Waals surface area contributed by atoms with Gasteiger partial charge in [-0.15, -0.1) is 0 Å². The predicted molar refractivity (Wildman–Crippen MR) is 551 cm³/mol. The molecule has 5 heterocycles. The Morgan fingerprint density at radius 3 is 0.947 bits per heavy atom. The van der Waals surface area contributed by atoms with Crippen LogP contribution < -0.4 is 0 Å². The highest BCUT2D eigenvalue weighted by atomic mass is 16.3. The first-order chi connectivity index (χ1) is 64.5. The summed E-state index contributed by atoms with van der Waals surface area (Å²) in [6, 6.07) is 148. The summed E-state index contributed by atoms with van der Waals surface area (Å²) in [5.41, 5.74) is 31.6. The highest BCUT2D eigenvalue weighted by Crippen LogP contribution is 2.45. The molecule has 0 radical (unpaired) electrons. The van der Waals surface area contributed by atoms with Crippen molar-refractivity contribution in [2.75, 3.05) is 0 Å². The second-order valence-electron chi connectivity index (χ2n) is 35.0. The third-order valence-electron chi connectivity index (χ3n) is 26.3. The minimum absolute atomic E-state index is 0.857. The van der Waals surface area contributed by atoms with Crippen molar-refractivity contribution in [1.82, 2.24) is 0 Å². The lowest BCUT2D eigenvalue weighted by Crippen LogP contribution is -1.91. The van der Waals surface area contributed by atoms with Crippen LogP contribution >= 0.6 is 0 Å². The van der Waals surface area contributed by atoms with Crippen LogP contribution in [0.2, 0.25) is 0 Å². The molecule has 131 heavy (non-hydrogen) atoms. The van der Waals surface area contributed by atoms with Crippen molar-refractivity contribution >= 4 is 164 Å². The highest BCUT2D eigenvalue weighted by molar-refractivity contribution is 6.24. The van der Waals surface area contributed by atoms with E-state index in [1.807, 2.05) is 0 Å². The molecule has 0 aliphatic heterocycles. The molecule has 26 rings (SSSR count). The van der Waals surface area contributed by atoms with Crippen LogP contribution in [0.3, 0.4) is 0 Å². The van der Waals surface area contributed by atoms with E-state index in [1.165, 1.54) is 197 Å². The summed E-state index contributed by atoms with van der Waals surface area (Å²) >= 11 is 0. The molecule has 0 saturated carbocycles. The van der Waals surface area contributed by atoms with Gasteiger partial charge in [-0.3, -0.25) is 0 Å². The van der Waals surface area contributed by atoms with Gasteiger partial charge in [-0.25, -0.2) is 0 Å². The lowest BCUT2D eigenvalue weighted by Gasteiger charge is -2.06. The quantitative estimate of drug-likeness (QED) is 0.129. The smallest absolute Gasteiger partial charge is 0.143 e. The Kier molecular flexibility index (Phi) is 21.5. The van der Waals surface area contributed by atoms with Crippen molar-refractivity contribution in [2.24, 2.45) is 0 Å². The Labute approximate surface area is 760 Å². The van der Waals surface area contributed by atoms with Crippen LogP contribution in [0.5, 0.6) is 0 Å². The molecule has 0 aliphatic carbocycles. The fraction of sp³-hybridized carbons (Fsp3) is 0.0794. The van der Waals surface area contributed by atoms with E-state index in [0.717, 1.165) is 93.5 Å². The SMILES string of the molecule is Cc1ccc(Cc2cccc3c2oc2c(-c4ccccc4)cc4ccccc4c23)cc1.Cc1ccc(Cc2cccc3c2oc2c4ccccc4ccc32)cc1.Cc1cccc(Cc2cccc3c2oc2c4ccccc4ccc32)c1.Cc1ccccc1Cc1cccc2c1oc1c3ccccc3ccc21.Cc1ccccc1Cc1cccc2c1oc1ccc3ccccc3c12. The Bertz CT molecular complexity index is 8750. The van der Waals surface area contributed by atoms with Gasteiger partial charge in [0.1, 0.15) is 55.8 Å². The second-order valence-corrected chi connectivity index (χ2v) is 35.0. The molecule has 0 N–H and O–H groups in total. The monoisotopic (exact) mass is 1690 g/mol. The lowest BCUT2D eigenvalue weighted by atomic mass is 9.95. The average Bonchev–Trinajstić information content (AvgIpc) is 1.56. The molecule has 26 aromatic rings. The maximum Gasteiger partial charge on any atom is 0.143 e. The summed E-state index contributed by atoms with van der Waals surface area (Å²) in [6.07, 6.45) is 4.41. The molecule has 0 amide bonds. The topological polar surface area (TPSA) is 65.7 Å². The van der Waals surface area contributed by atoms with Gasteiger partial charge in [-0.1, -0.05) is 405 Å². The summed E-state index contributed by atoms with van der Waals surface area (Å²) in [5, 5.41) is 24.2. The number of para-hydroxylation sites is 5. The zero-order chi connectivity index (χ0) is 88.0. The molecule has 0 fully saturated rings. The van der Waals surface area contributed by atoms with E-state index in [2.05, 4.69) is 453 Å². The van der Waals surface area contributed by atoms with Gasteiger partial charge in [-0.05, 0) is 175 Å². The van der Waals surface area contributed by atoms with Gasteiger partial charge >= 0.3 is 0 Å². The molecular formula is C126H94O5. The maximum atomic E-state index is 6.67. The number of hydrogen-bond donors (Lipinski definition) is 0. The van der Waals surface area contributed by atoms with Gasteiger partial charge in [-0.2, -0.15) is 0 Å².